The Morgan fingerprint density at radius 1 is 1.00 bits per heavy atom. The normalized spacial score (nSPS) is 16.7. The zero-order valence-corrected chi connectivity index (χ0v) is 15.8. The first kappa shape index (κ1) is 19.0. The van der Waals surface area contributed by atoms with Crippen molar-refractivity contribution in [1.82, 2.24) is 9.80 Å². The van der Waals surface area contributed by atoms with E-state index in [9.17, 15) is 4.79 Å². The molecule has 0 aliphatic carbocycles. The Balaban J connectivity index is 2.48. The van der Waals surface area contributed by atoms with E-state index in [-0.39, 0.29) is 11.8 Å². The molecule has 0 radical (unpaired) electrons. The number of hydrogen-bond donors (Lipinski definition) is 0. The molecule has 0 spiro atoms. The van der Waals surface area contributed by atoms with Gasteiger partial charge in [-0.25, -0.2) is 4.99 Å². The van der Waals surface area contributed by atoms with Crippen LogP contribution in [-0.4, -0.2) is 47.7 Å². The van der Waals surface area contributed by atoms with Crippen LogP contribution in [0, 0.1) is 5.92 Å². The predicted molar refractivity (Wildman–Crippen MR) is 105 cm³/mol. The Bertz CT molecular complexity index is 653. The van der Waals surface area contributed by atoms with Crippen molar-refractivity contribution in [3.8, 4) is 0 Å². The summed E-state index contributed by atoms with van der Waals surface area (Å²) in [6, 6.07) is 10.2. The van der Waals surface area contributed by atoms with Gasteiger partial charge in [-0.2, -0.15) is 0 Å². The molecule has 0 N–H and O–H groups in total. The van der Waals surface area contributed by atoms with Gasteiger partial charge in [-0.05, 0) is 44.9 Å². The van der Waals surface area contributed by atoms with E-state index < -0.39 is 0 Å². The number of nitrogens with zero attached hydrogens (tertiary/aromatic N) is 3. The quantitative estimate of drug-likeness (QED) is 0.790. The summed E-state index contributed by atoms with van der Waals surface area (Å²) in [6.07, 6.45) is 5.88. The highest BCUT2D eigenvalue weighted by molar-refractivity contribution is 6.07. The number of allylic oxidation sites excluding steroid dienone is 2. The van der Waals surface area contributed by atoms with Crippen LogP contribution in [0.1, 0.15) is 33.3 Å². The minimum atomic E-state index is -0.356. The molecule has 4 heteroatoms. The smallest absolute Gasteiger partial charge is 0.237 e. The Hall–Kier alpha value is -2.36. The lowest BCUT2D eigenvalue weighted by atomic mass is 9.97. The lowest BCUT2D eigenvalue weighted by Gasteiger charge is -2.30. The molecule has 25 heavy (non-hydrogen) atoms. The van der Waals surface area contributed by atoms with E-state index in [2.05, 4.69) is 41.9 Å². The van der Waals surface area contributed by atoms with E-state index in [4.69, 9.17) is 0 Å². The minimum Gasteiger partial charge on any atom is -0.360 e. The van der Waals surface area contributed by atoms with E-state index in [0.29, 0.717) is 13.1 Å². The molecule has 0 aromatic heterocycles. The second-order valence-corrected chi connectivity index (χ2v) is 5.95. The van der Waals surface area contributed by atoms with Crippen molar-refractivity contribution in [2.75, 3.05) is 26.2 Å². The Labute approximate surface area is 151 Å². The number of aliphatic imine (C=N–C) groups is 1. The Morgan fingerprint density at radius 2 is 1.64 bits per heavy atom. The molecule has 0 saturated carbocycles. The second-order valence-electron chi connectivity index (χ2n) is 5.95. The van der Waals surface area contributed by atoms with Gasteiger partial charge in [-0.15, -0.1) is 0 Å². The van der Waals surface area contributed by atoms with Crippen molar-refractivity contribution in [2.24, 2.45) is 10.9 Å². The first-order valence-corrected chi connectivity index (χ1v) is 9.21. The van der Waals surface area contributed by atoms with Crippen LogP contribution in [0.2, 0.25) is 0 Å². The van der Waals surface area contributed by atoms with Crippen LogP contribution in [0.5, 0.6) is 0 Å². The molecule has 1 aliphatic heterocycles. The molecule has 1 heterocycles. The number of benzene rings is 1. The van der Waals surface area contributed by atoms with Crippen molar-refractivity contribution < 1.29 is 4.79 Å². The number of hydrogen-bond acceptors (Lipinski definition) is 3. The van der Waals surface area contributed by atoms with Gasteiger partial charge in [0.05, 0.1) is 0 Å². The average Bonchev–Trinajstić information content (AvgIpc) is 2.88. The molecule has 0 saturated heterocycles. The van der Waals surface area contributed by atoms with Crippen LogP contribution >= 0.6 is 0 Å². The number of carbonyl (C=O) groups is 1. The lowest BCUT2D eigenvalue weighted by molar-refractivity contribution is -0.131. The number of carbonyl (C=O) groups excluding carboxylic acids is 1. The van der Waals surface area contributed by atoms with E-state index in [1.165, 1.54) is 0 Å². The van der Waals surface area contributed by atoms with Crippen LogP contribution in [0.3, 0.4) is 0 Å². The first-order valence-electron chi connectivity index (χ1n) is 9.21. The van der Waals surface area contributed by atoms with Gasteiger partial charge in [-0.1, -0.05) is 36.4 Å². The van der Waals surface area contributed by atoms with Gasteiger partial charge in [0, 0.05) is 32.4 Å². The average molecular weight is 339 g/mol. The second kappa shape index (κ2) is 9.21. The van der Waals surface area contributed by atoms with Gasteiger partial charge >= 0.3 is 0 Å². The third-order valence-corrected chi connectivity index (χ3v) is 4.62. The van der Waals surface area contributed by atoms with Crippen molar-refractivity contribution in [1.29, 1.82) is 0 Å². The zero-order valence-electron chi connectivity index (χ0n) is 15.8. The molecule has 134 valence electrons. The van der Waals surface area contributed by atoms with Gasteiger partial charge in [-0.3, -0.25) is 4.79 Å². The molecule has 4 nitrogen and oxygen atoms in total. The zero-order chi connectivity index (χ0) is 18.2. The molecule has 1 aromatic carbocycles. The van der Waals surface area contributed by atoms with Crippen LogP contribution in [0.15, 0.2) is 53.7 Å². The molecule has 1 aliphatic rings. The third-order valence-electron chi connectivity index (χ3n) is 4.62. The highest BCUT2D eigenvalue weighted by Gasteiger charge is 2.29. The summed E-state index contributed by atoms with van der Waals surface area (Å²) >= 11 is 0. The highest BCUT2D eigenvalue weighted by atomic mass is 16.2. The summed E-state index contributed by atoms with van der Waals surface area (Å²) in [5, 5.41) is 0. The maximum absolute atomic E-state index is 13.2. The minimum absolute atomic E-state index is 0.118. The van der Waals surface area contributed by atoms with E-state index >= 15 is 0 Å². The van der Waals surface area contributed by atoms with E-state index in [1.54, 1.807) is 0 Å². The van der Waals surface area contributed by atoms with Crippen molar-refractivity contribution in [3.05, 3.63) is 54.2 Å². The fourth-order valence-electron chi connectivity index (χ4n) is 3.15. The lowest BCUT2D eigenvalue weighted by Crippen LogP contribution is -2.44. The van der Waals surface area contributed by atoms with E-state index in [0.717, 1.165) is 30.1 Å². The van der Waals surface area contributed by atoms with Gasteiger partial charge in [0.15, 0.2) is 0 Å². The Morgan fingerprint density at radius 3 is 2.20 bits per heavy atom. The largest absolute Gasteiger partial charge is 0.360 e. The fourth-order valence-corrected chi connectivity index (χ4v) is 3.15. The molecule has 0 unspecified atom stereocenters. The summed E-state index contributed by atoms with van der Waals surface area (Å²) in [6.45, 7) is 11.3. The van der Waals surface area contributed by atoms with Crippen LogP contribution in [0.4, 0.5) is 0 Å². The summed E-state index contributed by atoms with van der Waals surface area (Å²) in [4.78, 5) is 21.9. The predicted octanol–water partition coefficient (Wildman–Crippen LogP) is 3.82. The third kappa shape index (κ3) is 4.38. The molecule has 1 aromatic rings. The van der Waals surface area contributed by atoms with Crippen molar-refractivity contribution in [3.63, 3.8) is 0 Å². The van der Waals surface area contributed by atoms with Crippen LogP contribution < -0.4 is 0 Å². The summed E-state index contributed by atoms with van der Waals surface area (Å²) in [5.41, 5.74) is 2.14. The summed E-state index contributed by atoms with van der Waals surface area (Å²) < 4.78 is 0. The van der Waals surface area contributed by atoms with Crippen molar-refractivity contribution >= 4 is 17.3 Å². The molecule has 0 fully saturated rings. The number of amides is 1. The molecule has 1 amide bonds. The van der Waals surface area contributed by atoms with E-state index in [1.807, 2.05) is 49.2 Å². The molecule has 0 bridgehead atoms. The number of rotatable bonds is 6. The fraction of sp³-hybridized carbons (Fsp3) is 0.429. The first-order chi connectivity index (χ1) is 12.2. The van der Waals surface area contributed by atoms with Crippen LogP contribution in [-0.2, 0) is 4.79 Å². The highest BCUT2D eigenvalue weighted by Crippen LogP contribution is 2.24. The van der Waals surface area contributed by atoms with Crippen LogP contribution in [0.25, 0.3) is 5.57 Å². The topological polar surface area (TPSA) is 35.9 Å². The standard InChI is InChI=1S/C21H29N3O/c1-5-23(6-2)20-19(21(25)24(7-3)8-4)16-18(14-15-22-20)17-12-10-9-11-13-17/h9-16,19H,5-8H2,1-4H3/t19-/m1/s1. The van der Waals surface area contributed by atoms with Gasteiger partial charge in [0.1, 0.15) is 11.8 Å². The van der Waals surface area contributed by atoms with Gasteiger partial charge in [0.2, 0.25) is 5.91 Å². The SMILES string of the molecule is CCN(CC)C(=O)[C@@H]1C=C(c2ccccc2)C=CN=C1N(CC)CC. The summed E-state index contributed by atoms with van der Waals surface area (Å²) in [5.74, 6) is 0.599. The van der Waals surface area contributed by atoms with Gasteiger partial charge in [0.25, 0.3) is 0 Å². The maximum Gasteiger partial charge on any atom is 0.237 e. The molecular formula is C21H29N3O. The molecule has 1 atom stereocenters. The van der Waals surface area contributed by atoms with Crippen molar-refractivity contribution in [2.45, 2.75) is 27.7 Å². The Kier molecular flexibility index (Phi) is 6.99. The molecule has 2 rings (SSSR count). The monoisotopic (exact) mass is 339 g/mol. The molecular weight excluding hydrogens is 310 g/mol. The maximum atomic E-state index is 13.2. The van der Waals surface area contributed by atoms with Gasteiger partial charge < -0.3 is 9.80 Å². The summed E-state index contributed by atoms with van der Waals surface area (Å²) in [7, 11) is 0. The number of amidine groups is 1.